The molecule has 7 amide bonds. The van der Waals surface area contributed by atoms with E-state index in [9.17, 15) is 43.8 Å². The first kappa shape index (κ1) is 48.1. The van der Waals surface area contributed by atoms with Crippen LogP contribution in [0.1, 0.15) is 99.8 Å². The highest BCUT2D eigenvalue weighted by Gasteiger charge is 2.36. The summed E-state index contributed by atoms with van der Waals surface area (Å²) in [6.45, 7) is 11.6. The van der Waals surface area contributed by atoms with E-state index in [1.807, 2.05) is 13.8 Å². The fourth-order valence-corrected chi connectivity index (χ4v) is 5.25. The van der Waals surface area contributed by atoms with E-state index in [1.54, 1.807) is 13.8 Å². The Morgan fingerprint density at radius 2 is 0.865 bits per heavy atom. The Bertz CT molecular complexity index is 1170. The summed E-state index contributed by atoms with van der Waals surface area (Å²) in [5, 5.41) is 35.5. The number of primary amides is 1. The molecule has 0 aliphatic carbocycles. The van der Waals surface area contributed by atoms with E-state index in [4.69, 9.17) is 17.2 Å². The van der Waals surface area contributed by atoms with Crippen LogP contribution < -0.4 is 49.1 Å². The summed E-state index contributed by atoms with van der Waals surface area (Å²) in [6, 6.07) is -7.35. The number of unbranched alkanes of at least 4 members (excludes halogenated alkanes) is 2. The zero-order valence-electron chi connectivity index (χ0n) is 31.8. The van der Waals surface area contributed by atoms with E-state index in [-0.39, 0.29) is 12.8 Å². The Hall–Kier alpha value is -3.87. The summed E-state index contributed by atoms with van der Waals surface area (Å²) in [7, 11) is 0. The van der Waals surface area contributed by atoms with Gasteiger partial charge in [-0.1, -0.05) is 40.5 Å². The minimum absolute atomic E-state index is 0.141. The number of nitrogens with two attached hydrogens (primary N) is 3. The fraction of sp³-hybridized carbons (Fsp3) is 0.794. The molecule has 0 fully saturated rings. The van der Waals surface area contributed by atoms with Crippen LogP contribution in [0.5, 0.6) is 0 Å². The highest BCUT2D eigenvalue weighted by Crippen LogP contribution is 2.14. The van der Waals surface area contributed by atoms with E-state index < -0.39 is 102 Å². The van der Waals surface area contributed by atoms with Crippen LogP contribution in [0.15, 0.2) is 0 Å². The standard InChI is InChI=1S/C34H65N9O9/c1-8-18(3)25(32(50)39-24(15-11-13-17-36)31(49)43-27(20(5)44)29(37)47)42-33(51)26(19(4)9-2)41-30(48)23(14-10-12-16-35)40-34(52)28(21(6)45)38-22(7)46/h18-21,23-28,44-45H,8-17,35-36H2,1-7H3,(H2,37,47)(H,38,46)(H,39,50)(H,40,52)(H,41,48)(H,42,51)(H,43,49)/t18-,19-,20+,21+,23-,24-,25-,26-,27-,28-/m0/s1. The molecule has 0 heterocycles. The second kappa shape index (κ2) is 25.2. The van der Waals surface area contributed by atoms with Crippen molar-refractivity contribution in [1.29, 1.82) is 0 Å². The zero-order chi connectivity index (χ0) is 40.1. The number of nitrogens with one attached hydrogen (secondary N) is 6. The summed E-state index contributed by atoms with van der Waals surface area (Å²) in [4.78, 5) is 91.1. The lowest BCUT2D eigenvalue weighted by Crippen LogP contribution is -2.62. The maximum Gasteiger partial charge on any atom is 0.245 e. The van der Waals surface area contributed by atoms with Gasteiger partial charge < -0.3 is 59.3 Å². The highest BCUT2D eigenvalue weighted by atomic mass is 16.3. The summed E-state index contributed by atoms with van der Waals surface area (Å²) in [5.41, 5.74) is 16.6. The van der Waals surface area contributed by atoms with Crippen molar-refractivity contribution in [3.8, 4) is 0 Å². The van der Waals surface area contributed by atoms with E-state index in [1.165, 1.54) is 20.8 Å². The second-order valence-electron chi connectivity index (χ2n) is 13.5. The highest BCUT2D eigenvalue weighted by molar-refractivity contribution is 5.97. The second-order valence-corrected chi connectivity index (χ2v) is 13.5. The molecule has 0 radical (unpaired) electrons. The van der Waals surface area contributed by atoms with Gasteiger partial charge in [-0.25, -0.2) is 0 Å². The molecule has 52 heavy (non-hydrogen) atoms. The lowest BCUT2D eigenvalue weighted by Gasteiger charge is -2.31. The molecule has 10 atom stereocenters. The first-order valence-electron chi connectivity index (χ1n) is 18.2. The molecule has 0 aromatic carbocycles. The molecule has 0 saturated heterocycles. The summed E-state index contributed by atoms with van der Waals surface area (Å²) in [6.07, 6.45) is 0.583. The van der Waals surface area contributed by atoms with Crippen molar-refractivity contribution in [2.24, 2.45) is 29.0 Å². The minimum atomic E-state index is -1.40. The summed E-state index contributed by atoms with van der Waals surface area (Å²) < 4.78 is 0. The van der Waals surface area contributed by atoms with Gasteiger partial charge in [-0.15, -0.1) is 0 Å². The zero-order valence-corrected chi connectivity index (χ0v) is 31.8. The molecule has 0 rings (SSSR count). The predicted octanol–water partition coefficient (Wildman–Crippen LogP) is -2.49. The first-order chi connectivity index (χ1) is 24.4. The van der Waals surface area contributed by atoms with E-state index in [2.05, 4.69) is 31.9 Å². The van der Waals surface area contributed by atoms with Crippen LogP contribution in [-0.4, -0.2) is 113 Å². The third-order valence-corrected chi connectivity index (χ3v) is 8.96. The van der Waals surface area contributed by atoms with Crippen molar-refractivity contribution in [2.75, 3.05) is 13.1 Å². The lowest BCUT2D eigenvalue weighted by atomic mass is 9.94. The smallest absolute Gasteiger partial charge is 0.245 e. The number of carbonyl (C=O) groups is 7. The Balaban J connectivity index is 6.33. The Morgan fingerprint density at radius 1 is 0.519 bits per heavy atom. The van der Waals surface area contributed by atoms with Gasteiger partial charge in [0.15, 0.2) is 0 Å². The van der Waals surface area contributed by atoms with E-state index in [0.29, 0.717) is 51.6 Å². The van der Waals surface area contributed by atoms with Crippen LogP contribution in [0.4, 0.5) is 0 Å². The minimum Gasteiger partial charge on any atom is -0.391 e. The van der Waals surface area contributed by atoms with Gasteiger partial charge in [-0.3, -0.25) is 33.6 Å². The van der Waals surface area contributed by atoms with Gasteiger partial charge in [0.25, 0.3) is 0 Å². The SMILES string of the molecule is CC[C@H](C)[C@H](NC(=O)[C@H](CCCCN)NC(=O)[C@@H](NC(C)=O)[C@@H](C)O)C(=O)N[C@H](C(=O)N[C@@H](CCCCN)C(=O)N[C@H](C(N)=O)[C@@H](C)O)[C@@H](C)CC. The van der Waals surface area contributed by atoms with Crippen LogP contribution in [-0.2, 0) is 33.6 Å². The molecule has 0 bridgehead atoms. The number of rotatable bonds is 26. The van der Waals surface area contributed by atoms with Crippen LogP contribution in [0.25, 0.3) is 0 Å². The molecular weight excluding hydrogens is 678 g/mol. The average molecular weight is 744 g/mol. The topological polar surface area (TPSA) is 310 Å². The van der Waals surface area contributed by atoms with Crippen molar-refractivity contribution >= 4 is 41.4 Å². The van der Waals surface area contributed by atoms with Gasteiger partial charge in [-0.2, -0.15) is 0 Å². The lowest BCUT2D eigenvalue weighted by molar-refractivity contribution is -0.137. The maximum atomic E-state index is 13.9. The Labute approximate surface area is 307 Å². The molecule has 0 aliphatic rings. The maximum absolute atomic E-state index is 13.9. The number of aliphatic hydroxyl groups is 2. The van der Waals surface area contributed by atoms with Crippen molar-refractivity contribution in [2.45, 2.75) is 148 Å². The van der Waals surface area contributed by atoms with Gasteiger partial charge in [0.1, 0.15) is 36.3 Å². The van der Waals surface area contributed by atoms with Gasteiger partial charge in [0.2, 0.25) is 41.4 Å². The third kappa shape index (κ3) is 17.1. The van der Waals surface area contributed by atoms with Crippen molar-refractivity contribution < 1.29 is 43.8 Å². The van der Waals surface area contributed by atoms with Gasteiger partial charge in [0.05, 0.1) is 12.2 Å². The summed E-state index contributed by atoms with van der Waals surface area (Å²) >= 11 is 0. The number of aliphatic hydroxyl groups excluding tert-OH is 2. The Morgan fingerprint density at radius 3 is 1.19 bits per heavy atom. The van der Waals surface area contributed by atoms with Gasteiger partial charge in [-0.05, 0) is 77.3 Å². The first-order valence-corrected chi connectivity index (χ1v) is 18.2. The van der Waals surface area contributed by atoms with Crippen LogP contribution in [0, 0.1) is 11.8 Å². The fourth-order valence-electron chi connectivity index (χ4n) is 5.25. The van der Waals surface area contributed by atoms with Crippen molar-refractivity contribution in [3.63, 3.8) is 0 Å². The largest absolute Gasteiger partial charge is 0.391 e. The average Bonchev–Trinajstić information content (AvgIpc) is 3.08. The number of hydrogen-bond donors (Lipinski definition) is 11. The van der Waals surface area contributed by atoms with Gasteiger partial charge >= 0.3 is 0 Å². The van der Waals surface area contributed by atoms with Crippen molar-refractivity contribution in [3.05, 3.63) is 0 Å². The van der Waals surface area contributed by atoms with Gasteiger partial charge in [0, 0.05) is 6.92 Å². The molecule has 0 unspecified atom stereocenters. The molecule has 0 spiro atoms. The molecule has 0 aliphatic heterocycles. The van der Waals surface area contributed by atoms with Crippen LogP contribution in [0.2, 0.25) is 0 Å². The molecular formula is C34H65N9O9. The quantitative estimate of drug-likeness (QED) is 0.0412. The number of hydrogen-bond acceptors (Lipinski definition) is 11. The molecule has 0 aromatic rings. The molecule has 14 N–H and O–H groups in total. The normalized spacial score (nSPS) is 17.0. The Kier molecular flexibility index (Phi) is 23.3. The molecule has 18 heteroatoms. The van der Waals surface area contributed by atoms with E-state index >= 15 is 0 Å². The van der Waals surface area contributed by atoms with E-state index in [0.717, 1.165) is 0 Å². The predicted molar refractivity (Wildman–Crippen MR) is 195 cm³/mol. The molecule has 300 valence electrons. The van der Waals surface area contributed by atoms with Crippen molar-refractivity contribution in [1.82, 2.24) is 31.9 Å². The van der Waals surface area contributed by atoms with Crippen LogP contribution in [0.3, 0.4) is 0 Å². The molecule has 18 nitrogen and oxygen atoms in total. The molecule has 0 aromatic heterocycles. The number of carbonyl (C=O) groups excluding carboxylic acids is 7. The number of amides is 7. The third-order valence-electron chi connectivity index (χ3n) is 8.96. The monoisotopic (exact) mass is 743 g/mol. The summed E-state index contributed by atoms with van der Waals surface area (Å²) in [5.74, 6) is -6.00. The molecule has 0 saturated carbocycles. The van der Waals surface area contributed by atoms with Crippen LogP contribution >= 0.6 is 0 Å².